The van der Waals surface area contributed by atoms with Crippen LogP contribution in [0.15, 0.2) is 19.0 Å². The van der Waals surface area contributed by atoms with Crippen molar-refractivity contribution in [1.82, 2.24) is 34.9 Å². The first-order valence-corrected chi connectivity index (χ1v) is 6.46. The van der Waals surface area contributed by atoms with E-state index in [1.54, 1.807) is 17.2 Å². The summed E-state index contributed by atoms with van der Waals surface area (Å²) in [5.74, 6) is 0.596. The summed E-state index contributed by atoms with van der Waals surface area (Å²) >= 11 is 10.3. The van der Waals surface area contributed by atoms with E-state index >= 15 is 0 Å². The molecule has 4 rings (SSSR count). The molecule has 98 valence electrons. The molecule has 0 aromatic carbocycles. The van der Waals surface area contributed by atoms with Crippen molar-refractivity contribution in [3.8, 4) is 5.95 Å². The van der Waals surface area contributed by atoms with E-state index < -0.39 is 0 Å². The van der Waals surface area contributed by atoms with Crippen LogP contribution < -0.4 is 4.57 Å². The molecule has 0 saturated heterocycles. The highest BCUT2D eigenvalue weighted by atomic mass is 32.1. The van der Waals surface area contributed by atoms with Gasteiger partial charge in [-0.25, -0.2) is 9.97 Å². The van der Waals surface area contributed by atoms with E-state index in [1.165, 1.54) is 6.33 Å². The molecule has 0 bridgehead atoms. The molecule has 0 aliphatic heterocycles. The predicted molar refractivity (Wildman–Crippen MR) is 75.4 cm³/mol. The maximum absolute atomic E-state index is 5.16. The Bertz CT molecular complexity index is 1050. The number of rotatable bonds is 1. The summed E-state index contributed by atoms with van der Waals surface area (Å²) in [6, 6.07) is 0. The van der Waals surface area contributed by atoms with Crippen LogP contribution in [0.3, 0.4) is 0 Å². The summed E-state index contributed by atoms with van der Waals surface area (Å²) in [6.07, 6.45) is 4.81. The van der Waals surface area contributed by atoms with Crippen molar-refractivity contribution in [3.63, 3.8) is 0 Å². The van der Waals surface area contributed by atoms with Crippen molar-refractivity contribution >= 4 is 46.8 Å². The number of aromatic amines is 4. The molecule has 0 unspecified atom stereocenters. The van der Waals surface area contributed by atoms with E-state index in [1.807, 2.05) is 0 Å². The Morgan fingerprint density at radius 2 is 1.70 bits per heavy atom. The van der Waals surface area contributed by atoms with E-state index in [2.05, 4.69) is 34.9 Å². The Labute approximate surface area is 121 Å². The van der Waals surface area contributed by atoms with Crippen LogP contribution in [0.1, 0.15) is 0 Å². The van der Waals surface area contributed by atoms with Crippen molar-refractivity contribution in [2.75, 3.05) is 0 Å². The standard InChI is InChI=1S/C10H6N8S2/c19-8-4-6(11-1-13-8)17-10(16-4)18-3-15-5-7(18)12-2-14-9(5)20/h1-3H,(H3,11,12,13,14,16,17,19,20)/p+1. The molecule has 0 saturated carbocycles. The van der Waals surface area contributed by atoms with Crippen molar-refractivity contribution in [3.05, 3.63) is 28.3 Å². The highest BCUT2D eigenvalue weighted by Crippen LogP contribution is 2.10. The Balaban J connectivity index is 2.06. The molecular weight excluding hydrogens is 296 g/mol. The maximum Gasteiger partial charge on any atom is 0.332 e. The third kappa shape index (κ3) is 1.52. The largest absolute Gasteiger partial charge is 0.332 e. The maximum atomic E-state index is 5.16. The van der Waals surface area contributed by atoms with Gasteiger partial charge in [-0.15, -0.1) is 4.98 Å². The zero-order chi connectivity index (χ0) is 13.7. The number of fused-ring (bicyclic) bond motifs is 2. The third-order valence-corrected chi connectivity index (χ3v) is 3.55. The lowest BCUT2D eigenvalue weighted by molar-refractivity contribution is -0.576. The van der Waals surface area contributed by atoms with Gasteiger partial charge in [0.2, 0.25) is 11.3 Å². The first-order valence-electron chi connectivity index (χ1n) is 5.64. The van der Waals surface area contributed by atoms with Gasteiger partial charge in [-0.3, -0.25) is 15.0 Å². The molecule has 0 spiro atoms. The fraction of sp³-hybridized carbons (Fsp3) is 0. The van der Waals surface area contributed by atoms with Gasteiger partial charge in [-0.1, -0.05) is 24.4 Å². The Morgan fingerprint density at radius 1 is 0.950 bits per heavy atom. The number of hydrogen-bond acceptors (Lipinski definition) is 5. The fourth-order valence-electron chi connectivity index (χ4n) is 2.02. The lowest BCUT2D eigenvalue weighted by Gasteiger charge is -1.91. The second kappa shape index (κ2) is 4.02. The van der Waals surface area contributed by atoms with E-state index in [4.69, 9.17) is 24.4 Å². The molecule has 20 heavy (non-hydrogen) atoms. The Kier molecular flexibility index (Phi) is 2.28. The minimum absolute atomic E-state index is 0.465. The van der Waals surface area contributed by atoms with E-state index in [-0.39, 0.29) is 0 Å². The van der Waals surface area contributed by atoms with Crippen molar-refractivity contribution < 1.29 is 4.57 Å². The molecule has 0 aliphatic rings. The normalized spacial score (nSPS) is 11.4. The lowest BCUT2D eigenvalue weighted by atomic mass is 10.5. The van der Waals surface area contributed by atoms with Crippen molar-refractivity contribution in [2.24, 2.45) is 0 Å². The van der Waals surface area contributed by atoms with Gasteiger partial charge in [0.05, 0.1) is 6.33 Å². The minimum Gasteiger partial charge on any atom is -0.320 e. The molecular formula is C10H7N8S2+. The van der Waals surface area contributed by atoms with Crippen LogP contribution in [0, 0.1) is 9.28 Å². The van der Waals surface area contributed by atoms with Gasteiger partial charge in [0.15, 0.2) is 26.6 Å². The highest BCUT2D eigenvalue weighted by molar-refractivity contribution is 7.71. The van der Waals surface area contributed by atoms with Gasteiger partial charge in [0.25, 0.3) is 0 Å². The van der Waals surface area contributed by atoms with Crippen LogP contribution in [0.25, 0.3) is 28.3 Å². The average Bonchev–Trinajstić information content (AvgIpc) is 3.03. The summed E-state index contributed by atoms with van der Waals surface area (Å²) in [5, 5.41) is 0. The topological polar surface area (TPSA) is 106 Å². The number of nitrogens with zero attached hydrogens (tertiary/aromatic N) is 4. The molecule has 0 fully saturated rings. The summed E-state index contributed by atoms with van der Waals surface area (Å²) in [4.78, 5) is 24.7. The number of imidazole rings is 2. The first kappa shape index (κ1) is 11.4. The third-order valence-electron chi connectivity index (χ3n) is 2.93. The number of nitrogens with one attached hydrogen (secondary N) is 4. The molecule has 4 heterocycles. The van der Waals surface area contributed by atoms with Crippen LogP contribution in [-0.4, -0.2) is 34.9 Å². The van der Waals surface area contributed by atoms with E-state index in [0.29, 0.717) is 26.4 Å². The minimum atomic E-state index is 0.465. The highest BCUT2D eigenvalue weighted by Gasteiger charge is 2.17. The average molecular weight is 303 g/mol. The second-order valence-corrected chi connectivity index (χ2v) is 4.84. The molecule has 0 atom stereocenters. The van der Waals surface area contributed by atoms with Gasteiger partial charge in [0.1, 0.15) is 6.33 Å². The molecule has 4 aromatic rings. The van der Waals surface area contributed by atoms with Crippen molar-refractivity contribution in [1.29, 1.82) is 0 Å². The van der Waals surface area contributed by atoms with E-state index in [0.717, 1.165) is 11.2 Å². The van der Waals surface area contributed by atoms with Gasteiger partial charge in [-0.2, -0.15) is 4.57 Å². The fourth-order valence-corrected chi connectivity index (χ4v) is 2.43. The van der Waals surface area contributed by atoms with Crippen LogP contribution >= 0.6 is 24.4 Å². The van der Waals surface area contributed by atoms with Gasteiger partial charge >= 0.3 is 5.95 Å². The molecule has 8 nitrogen and oxygen atoms in total. The number of aromatic nitrogens is 8. The monoisotopic (exact) mass is 303 g/mol. The molecule has 0 aliphatic carbocycles. The number of H-pyrrole nitrogens is 4. The first-order chi connectivity index (χ1) is 9.74. The predicted octanol–water partition coefficient (Wildman–Crippen LogP) is 1.23. The van der Waals surface area contributed by atoms with Crippen molar-refractivity contribution in [2.45, 2.75) is 0 Å². The van der Waals surface area contributed by atoms with Gasteiger partial charge in [-0.05, 0) is 0 Å². The zero-order valence-corrected chi connectivity index (χ0v) is 11.5. The van der Waals surface area contributed by atoms with Gasteiger partial charge in [0, 0.05) is 0 Å². The smallest absolute Gasteiger partial charge is 0.320 e. The summed E-state index contributed by atoms with van der Waals surface area (Å²) < 4.78 is 2.76. The Hall–Kier alpha value is -2.46. The van der Waals surface area contributed by atoms with Crippen LogP contribution in [0.2, 0.25) is 0 Å². The molecule has 4 N–H and O–H groups in total. The SMILES string of the molecule is S=c1nc[nH]c2nc(-[n+]3c[nH]c4c(=S)nc[nH]c43)[nH]c12. The van der Waals surface area contributed by atoms with Crippen LogP contribution in [0.5, 0.6) is 0 Å². The van der Waals surface area contributed by atoms with Crippen LogP contribution in [0.4, 0.5) is 0 Å². The van der Waals surface area contributed by atoms with E-state index in [9.17, 15) is 0 Å². The van der Waals surface area contributed by atoms with Gasteiger partial charge < -0.3 is 4.98 Å². The lowest BCUT2D eigenvalue weighted by Crippen LogP contribution is -2.31. The van der Waals surface area contributed by atoms with Crippen LogP contribution in [-0.2, 0) is 0 Å². The molecule has 10 heteroatoms. The summed E-state index contributed by atoms with van der Waals surface area (Å²) in [6.45, 7) is 0. The quantitative estimate of drug-likeness (QED) is 0.312. The molecule has 0 radical (unpaired) electrons. The molecule has 4 aromatic heterocycles. The molecule has 0 amide bonds. The summed E-state index contributed by atoms with van der Waals surface area (Å²) in [7, 11) is 0. The second-order valence-electron chi connectivity index (χ2n) is 4.07. The Morgan fingerprint density at radius 3 is 2.50 bits per heavy atom. The number of hydrogen-bond donors (Lipinski definition) is 4. The summed E-state index contributed by atoms with van der Waals surface area (Å²) in [5.41, 5.74) is 2.84. The zero-order valence-electron chi connectivity index (χ0n) is 9.84.